The first-order valence-electron chi connectivity index (χ1n) is 7.90. The van der Waals surface area contributed by atoms with Gasteiger partial charge >= 0.3 is 12.2 Å². The Balaban J connectivity index is 1.85. The van der Waals surface area contributed by atoms with Gasteiger partial charge in [-0.15, -0.1) is 0 Å². The quantitative estimate of drug-likeness (QED) is 0.789. The third-order valence-electron chi connectivity index (χ3n) is 4.27. The molecule has 0 bridgehead atoms. The van der Waals surface area contributed by atoms with Gasteiger partial charge in [0.15, 0.2) is 0 Å². The van der Waals surface area contributed by atoms with Crippen molar-refractivity contribution in [1.82, 2.24) is 20.4 Å². The van der Waals surface area contributed by atoms with Gasteiger partial charge in [-0.3, -0.25) is 9.69 Å². The largest absolute Gasteiger partial charge is 0.401 e. The van der Waals surface area contributed by atoms with E-state index >= 15 is 0 Å². The molecule has 2 aliphatic heterocycles. The highest BCUT2D eigenvalue weighted by atomic mass is 19.4. The van der Waals surface area contributed by atoms with Crippen molar-refractivity contribution in [2.24, 2.45) is 0 Å². The van der Waals surface area contributed by atoms with E-state index in [1.807, 2.05) is 0 Å². The van der Waals surface area contributed by atoms with Crippen LogP contribution in [0.1, 0.15) is 26.2 Å². The number of piperazine rings is 1. The minimum atomic E-state index is -4.24. The molecule has 9 heteroatoms. The Bertz CT molecular complexity index is 444. The number of carbonyl (C=O) groups is 2. The predicted molar refractivity (Wildman–Crippen MR) is 77.8 cm³/mol. The van der Waals surface area contributed by atoms with Crippen LogP contribution in [0.3, 0.4) is 0 Å². The van der Waals surface area contributed by atoms with Gasteiger partial charge < -0.3 is 15.5 Å². The maximum absolute atomic E-state index is 12.5. The molecule has 0 aromatic heterocycles. The summed E-state index contributed by atoms with van der Waals surface area (Å²) in [4.78, 5) is 26.9. The number of rotatable bonds is 2. The van der Waals surface area contributed by atoms with Crippen LogP contribution in [-0.2, 0) is 4.79 Å². The molecule has 0 unspecified atom stereocenters. The highest BCUT2D eigenvalue weighted by Crippen LogP contribution is 2.20. The number of alkyl halides is 3. The number of hydrogen-bond acceptors (Lipinski definition) is 3. The molecule has 2 fully saturated rings. The Morgan fingerprint density at radius 1 is 1.35 bits per heavy atom. The second kappa shape index (κ2) is 7.37. The maximum Gasteiger partial charge on any atom is 0.401 e. The Morgan fingerprint density at radius 3 is 2.74 bits per heavy atom. The summed E-state index contributed by atoms with van der Waals surface area (Å²) in [5, 5.41) is 5.44. The molecule has 0 radical (unpaired) electrons. The molecular formula is C14H23F3N4O2. The minimum Gasteiger partial charge on any atom is -0.354 e. The van der Waals surface area contributed by atoms with E-state index in [2.05, 4.69) is 10.6 Å². The van der Waals surface area contributed by atoms with Crippen molar-refractivity contribution >= 4 is 11.9 Å². The lowest BCUT2D eigenvalue weighted by molar-refractivity contribution is -0.153. The molecule has 132 valence electrons. The van der Waals surface area contributed by atoms with Crippen molar-refractivity contribution in [1.29, 1.82) is 0 Å². The average molecular weight is 336 g/mol. The Kier molecular flexibility index (Phi) is 5.72. The third-order valence-corrected chi connectivity index (χ3v) is 4.27. The summed E-state index contributed by atoms with van der Waals surface area (Å²) in [6, 6.07) is -1.32. The van der Waals surface area contributed by atoms with Crippen LogP contribution >= 0.6 is 0 Å². The molecule has 2 aliphatic rings. The van der Waals surface area contributed by atoms with Gasteiger partial charge in [-0.05, 0) is 26.2 Å². The van der Waals surface area contributed by atoms with Crippen LogP contribution in [0.2, 0.25) is 0 Å². The number of nitrogens with zero attached hydrogens (tertiary/aromatic N) is 2. The molecule has 2 rings (SSSR count). The van der Waals surface area contributed by atoms with Gasteiger partial charge in [0.2, 0.25) is 5.91 Å². The van der Waals surface area contributed by atoms with E-state index in [-0.39, 0.29) is 37.6 Å². The maximum atomic E-state index is 12.5. The zero-order valence-corrected chi connectivity index (χ0v) is 13.2. The molecule has 2 atom stereocenters. The Morgan fingerprint density at radius 2 is 2.09 bits per heavy atom. The monoisotopic (exact) mass is 336 g/mol. The summed E-state index contributed by atoms with van der Waals surface area (Å²) in [6.45, 7) is 1.93. The van der Waals surface area contributed by atoms with E-state index in [4.69, 9.17) is 0 Å². The molecule has 6 nitrogen and oxygen atoms in total. The lowest BCUT2D eigenvalue weighted by Crippen LogP contribution is -2.59. The lowest BCUT2D eigenvalue weighted by atomic mass is 10.1. The molecule has 0 aromatic carbocycles. The molecule has 2 saturated heterocycles. The summed E-state index contributed by atoms with van der Waals surface area (Å²) in [6.07, 6.45) is -1.93. The smallest absolute Gasteiger partial charge is 0.354 e. The normalized spacial score (nSPS) is 27.3. The molecule has 2 heterocycles. The van der Waals surface area contributed by atoms with Gasteiger partial charge in [0.25, 0.3) is 0 Å². The van der Waals surface area contributed by atoms with Crippen LogP contribution < -0.4 is 10.6 Å². The second-order valence-electron chi connectivity index (χ2n) is 6.17. The van der Waals surface area contributed by atoms with E-state index in [1.165, 1.54) is 9.80 Å². The zero-order chi connectivity index (χ0) is 17.0. The molecule has 2 N–H and O–H groups in total. The number of halogens is 3. The van der Waals surface area contributed by atoms with Gasteiger partial charge in [0.1, 0.15) is 6.04 Å². The minimum absolute atomic E-state index is 0.172. The molecule has 0 aliphatic carbocycles. The number of carbonyl (C=O) groups excluding carboxylic acids is 2. The van der Waals surface area contributed by atoms with Crippen molar-refractivity contribution in [2.75, 3.05) is 32.7 Å². The number of hydrogen-bond donors (Lipinski definition) is 2. The fraction of sp³-hybridized carbons (Fsp3) is 0.857. The molecule has 23 heavy (non-hydrogen) atoms. The van der Waals surface area contributed by atoms with Crippen LogP contribution in [0.5, 0.6) is 0 Å². The van der Waals surface area contributed by atoms with Gasteiger partial charge in [0.05, 0.1) is 6.54 Å². The summed E-state index contributed by atoms with van der Waals surface area (Å²) in [5.41, 5.74) is 0. The lowest BCUT2D eigenvalue weighted by Gasteiger charge is -2.40. The first-order valence-corrected chi connectivity index (χ1v) is 7.90. The number of urea groups is 1. The molecule has 0 aromatic rings. The van der Waals surface area contributed by atoms with Gasteiger partial charge in [0, 0.05) is 32.2 Å². The van der Waals surface area contributed by atoms with Crippen molar-refractivity contribution in [3.05, 3.63) is 0 Å². The number of amides is 3. The van der Waals surface area contributed by atoms with E-state index in [0.29, 0.717) is 13.0 Å². The van der Waals surface area contributed by atoms with Crippen LogP contribution in [0.25, 0.3) is 0 Å². The van der Waals surface area contributed by atoms with Gasteiger partial charge in [-0.1, -0.05) is 0 Å². The predicted octanol–water partition coefficient (Wildman–Crippen LogP) is 0.933. The summed E-state index contributed by atoms with van der Waals surface area (Å²) < 4.78 is 37.4. The first-order chi connectivity index (χ1) is 10.8. The second-order valence-corrected chi connectivity index (χ2v) is 6.17. The van der Waals surface area contributed by atoms with Crippen LogP contribution in [-0.4, -0.2) is 72.7 Å². The van der Waals surface area contributed by atoms with E-state index in [1.54, 1.807) is 6.92 Å². The van der Waals surface area contributed by atoms with Crippen molar-refractivity contribution in [3.8, 4) is 0 Å². The molecule has 3 amide bonds. The fourth-order valence-corrected chi connectivity index (χ4v) is 2.96. The highest BCUT2D eigenvalue weighted by molar-refractivity contribution is 5.87. The number of nitrogens with one attached hydrogen (secondary N) is 2. The standard InChI is InChI=1S/C14H23F3N4O2/c1-10-8-20(6-7-21(10)9-14(15,16)17)13(23)19-11-4-2-3-5-18-12(11)22/h10-11H,2-9H2,1H3,(H,18,22)(H,19,23)/t10-,11-/m1/s1. The molecular weight excluding hydrogens is 313 g/mol. The molecule has 0 spiro atoms. The van der Waals surface area contributed by atoms with Crippen molar-refractivity contribution in [3.63, 3.8) is 0 Å². The fourth-order valence-electron chi connectivity index (χ4n) is 2.96. The molecule has 0 saturated carbocycles. The summed E-state index contributed by atoms with van der Waals surface area (Å²) >= 11 is 0. The third kappa shape index (κ3) is 5.26. The topological polar surface area (TPSA) is 64.7 Å². The van der Waals surface area contributed by atoms with Crippen LogP contribution in [0, 0.1) is 0 Å². The summed E-state index contributed by atoms with van der Waals surface area (Å²) in [5.74, 6) is -0.195. The van der Waals surface area contributed by atoms with E-state index < -0.39 is 18.8 Å². The van der Waals surface area contributed by atoms with Gasteiger partial charge in [-0.2, -0.15) is 13.2 Å². The Hall–Kier alpha value is -1.51. The first kappa shape index (κ1) is 17.8. The Labute approximate surface area is 133 Å². The zero-order valence-electron chi connectivity index (χ0n) is 13.2. The van der Waals surface area contributed by atoms with Crippen LogP contribution in [0.4, 0.5) is 18.0 Å². The highest BCUT2D eigenvalue weighted by Gasteiger charge is 2.36. The summed E-state index contributed by atoms with van der Waals surface area (Å²) in [7, 11) is 0. The van der Waals surface area contributed by atoms with E-state index in [0.717, 1.165) is 12.8 Å². The van der Waals surface area contributed by atoms with Gasteiger partial charge in [-0.25, -0.2) is 4.79 Å². The van der Waals surface area contributed by atoms with Crippen molar-refractivity contribution < 1.29 is 22.8 Å². The average Bonchev–Trinajstić information content (AvgIpc) is 2.65. The van der Waals surface area contributed by atoms with E-state index in [9.17, 15) is 22.8 Å². The van der Waals surface area contributed by atoms with Crippen molar-refractivity contribution in [2.45, 2.75) is 44.4 Å². The SMILES string of the molecule is C[C@@H]1CN(C(=O)N[C@@H]2CCCCNC2=O)CCN1CC(F)(F)F. The van der Waals surface area contributed by atoms with Crippen LogP contribution in [0.15, 0.2) is 0 Å².